The lowest BCUT2D eigenvalue weighted by Gasteiger charge is -2.34. The van der Waals surface area contributed by atoms with Crippen molar-refractivity contribution in [3.05, 3.63) is 0 Å². The molecule has 0 radical (unpaired) electrons. The monoisotopic (exact) mass is 293 g/mol. The fourth-order valence-corrected chi connectivity index (χ4v) is 2.99. The predicted octanol–water partition coefficient (Wildman–Crippen LogP) is -0.222. The number of piperazine rings is 1. The molecule has 2 saturated carbocycles. The molecular formula is C15H23N3O3. The van der Waals surface area contributed by atoms with Crippen LogP contribution in [0.3, 0.4) is 0 Å². The van der Waals surface area contributed by atoms with Crippen molar-refractivity contribution >= 4 is 17.6 Å². The lowest BCUT2D eigenvalue weighted by atomic mass is 9.82. The van der Waals surface area contributed by atoms with Gasteiger partial charge < -0.3 is 10.2 Å². The maximum Gasteiger partial charge on any atom is 0.288 e. The van der Waals surface area contributed by atoms with E-state index in [1.54, 1.807) is 4.90 Å². The Morgan fingerprint density at radius 2 is 1.62 bits per heavy atom. The molecule has 0 spiro atoms. The van der Waals surface area contributed by atoms with Gasteiger partial charge in [-0.15, -0.1) is 0 Å². The predicted molar refractivity (Wildman–Crippen MR) is 76.5 cm³/mol. The molecule has 0 bridgehead atoms. The highest BCUT2D eigenvalue weighted by Gasteiger charge is 2.33. The second kappa shape index (κ2) is 6.13. The molecule has 0 aromatic heterocycles. The summed E-state index contributed by atoms with van der Waals surface area (Å²) in [5, 5.41) is 2.48. The van der Waals surface area contributed by atoms with Crippen molar-refractivity contribution in [1.29, 1.82) is 0 Å². The van der Waals surface area contributed by atoms with E-state index in [4.69, 9.17) is 0 Å². The summed E-state index contributed by atoms with van der Waals surface area (Å²) in [6, 6.07) is 0.738. The number of carbonyl (C=O) groups is 3. The molecule has 1 aliphatic heterocycles. The number of amides is 2. The van der Waals surface area contributed by atoms with E-state index in [0.29, 0.717) is 0 Å². The molecule has 116 valence electrons. The Hall–Kier alpha value is -1.43. The molecule has 3 rings (SSSR count). The molecule has 3 fully saturated rings. The fourth-order valence-electron chi connectivity index (χ4n) is 2.99. The fraction of sp³-hybridized carbons (Fsp3) is 0.800. The van der Waals surface area contributed by atoms with Gasteiger partial charge in [0.1, 0.15) is 0 Å². The largest absolute Gasteiger partial charge is 0.340 e. The van der Waals surface area contributed by atoms with Gasteiger partial charge in [-0.3, -0.25) is 19.3 Å². The number of ketones is 1. The molecule has 0 unspecified atom stereocenters. The van der Waals surface area contributed by atoms with E-state index >= 15 is 0 Å². The van der Waals surface area contributed by atoms with Crippen LogP contribution in [-0.2, 0) is 14.4 Å². The van der Waals surface area contributed by atoms with Crippen molar-refractivity contribution in [1.82, 2.24) is 15.1 Å². The Labute approximate surface area is 124 Å². The molecule has 1 N–H and O–H groups in total. The lowest BCUT2D eigenvalue weighted by molar-refractivity contribution is -0.143. The van der Waals surface area contributed by atoms with Gasteiger partial charge in [0.15, 0.2) is 0 Å². The zero-order chi connectivity index (χ0) is 14.8. The van der Waals surface area contributed by atoms with Crippen LogP contribution in [0, 0.1) is 5.92 Å². The van der Waals surface area contributed by atoms with Gasteiger partial charge in [0.2, 0.25) is 11.7 Å². The summed E-state index contributed by atoms with van der Waals surface area (Å²) in [7, 11) is 0. The van der Waals surface area contributed by atoms with Crippen molar-refractivity contribution in [2.45, 2.75) is 38.1 Å². The van der Waals surface area contributed by atoms with E-state index in [1.165, 1.54) is 12.8 Å². The van der Waals surface area contributed by atoms with Gasteiger partial charge in [-0.25, -0.2) is 0 Å². The van der Waals surface area contributed by atoms with Crippen molar-refractivity contribution < 1.29 is 14.4 Å². The minimum atomic E-state index is -0.593. The maximum atomic E-state index is 12.1. The maximum absolute atomic E-state index is 12.1. The van der Waals surface area contributed by atoms with Crippen LogP contribution in [-0.4, -0.2) is 66.2 Å². The van der Waals surface area contributed by atoms with Crippen LogP contribution in [0.5, 0.6) is 0 Å². The van der Waals surface area contributed by atoms with Crippen LogP contribution in [0.4, 0.5) is 0 Å². The Morgan fingerprint density at radius 3 is 2.14 bits per heavy atom. The summed E-state index contributed by atoms with van der Waals surface area (Å²) >= 11 is 0. The summed E-state index contributed by atoms with van der Waals surface area (Å²) in [4.78, 5) is 39.6. The Morgan fingerprint density at radius 1 is 0.952 bits per heavy atom. The third-order valence-corrected chi connectivity index (χ3v) is 4.83. The normalized spacial score (nSPS) is 23.5. The molecule has 6 heteroatoms. The van der Waals surface area contributed by atoms with Crippen LogP contribution in [0.15, 0.2) is 0 Å². The molecule has 0 aromatic carbocycles. The van der Waals surface area contributed by atoms with Crippen molar-refractivity contribution in [2.24, 2.45) is 5.92 Å². The van der Waals surface area contributed by atoms with E-state index in [2.05, 4.69) is 10.2 Å². The van der Waals surface area contributed by atoms with Gasteiger partial charge >= 0.3 is 0 Å². The highest BCUT2D eigenvalue weighted by atomic mass is 16.2. The summed E-state index contributed by atoms with van der Waals surface area (Å²) in [6.07, 6.45) is 5.21. The van der Waals surface area contributed by atoms with Crippen molar-refractivity contribution in [3.63, 3.8) is 0 Å². The van der Waals surface area contributed by atoms with Crippen LogP contribution in [0.2, 0.25) is 0 Å². The quantitative estimate of drug-likeness (QED) is 0.712. The number of hydrogen-bond donors (Lipinski definition) is 1. The topological polar surface area (TPSA) is 69.7 Å². The van der Waals surface area contributed by atoms with Gasteiger partial charge in [0.05, 0.1) is 6.54 Å². The Balaban J connectivity index is 1.37. The number of carbonyl (C=O) groups excluding carboxylic acids is 3. The summed E-state index contributed by atoms with van der Waals surface area (Å²) in [6.45, 7) is 3.24. The average Bonchev–Trinajstić information content (AvgIpc) is 3.27. The first-order valence-electron chi connectivity index (χ1n) is 7.99. The summed E-state index contributed by atoms with van der Waals surface area (Å²) in [5.41, 5.74) is 0. The van der Waals surface area contributed by atoms with Crippen LogP contribution >= 0.6 is 0 Å². The average molecular weight is 293 g/mol. The third kappa shape index (κ3) is 3.43. The van der Waals surface area contributed by atoms with E-state index in [1.807, 2.05) is 0 Å². The highest BCUT2D eigenvalue weighted by Crippen LogP contribution is 2.27. The first-order valence-corrected chi connectivity index (χ1v) is 7.99. The standard InChI is InChI=1S/C15H23N3O3/c19-13(10-16-15(21)14(20)11-2-1-3-11)18-8-6-17(7-9-18)12-4-5-12/h11-12H,1-10H2,(H,16,21). The molecular weight excluding hydrogens is 270 g/mol. The SMILES string of the molecule is O=C(NCC(=O)N1CCN(C2CC2)CC1)C(=O)C1CCC1. The molecule has 21 heavy (non-hydrogen) atoms. The van der Waals surface area contributed by atoms with Gasteiger partial charge in [-0.05, 0) is 25.7 Å². The first kappa shape index (κ1) is 14.5. The number of nitrogens with zero attached hydrogens (tertiary/aromatic N) is 2. The molecule has 3 aliphatic rings. The molecule has 0 aromatic rings. The van der Waals surface area contributed by atoms with Gasteiger partial charge in [-0.1, -0.05) is 6.42 Å². The lowest BCUT2D eigenvalue weighted by Crippen LogP contribution is -2.52. The smallest absolute Gasteiger partial charge is 0.288 e. The molecule has 1 heterocycles. The number of Topliss-reactive ketones (excluding diaryl/α,β-unsaturated/α-hetero) is 1. The van der Waals surface area contributed by atoms with E-state index in [-0.39, 0.29) is 24.2 Å². The van der Waals surface area contributed by atoms with E-state index < -0.39 is 5.91 Å². The Bertz CT molecular complexity index is 435. The third-order valence-electron chi connectivity index (χ3n) is 4.83. The molecule has 2 amide bonds. The second-order valence-electron chi connectivity index (χ2n) is 6.32. The van der Waals surface area contributed by atoms with Crippen LogP contribution in [0.25, 0.3) is 0 Å². The molecule has 0 atom stereocenters. The van der Waals surface area contributed by atoms with E-state index in [9.17, 15) is 14.4 Å². The number of hydrogen-bond acceptors (Lipinski definition) is 4. The molecule has 6 nitrogen and oxygen atoms in total. The second-order valence-corrected chi connectivity index (χ2v) is 6.32. The zero-order valence-electron chi connectivity index (χ0n) is 12.3. The molecule has 1 saturated heterocycles. The summed E-state index contributed by atoms with van der Waals surface area (Å²) in [5.74, 6) is -1.14. The minimum absolute atomic E-state index is 0.0548. The molecule has 2 aliphatic carbocycles. The summed E-state index contributed by atoms with van der Waals surface area (Å²) < 4.78 is 0. The van der Waals surface area contributed by atoms with Gasteiger partial charge in [0, 0.05) is 38.1 Å². The number of nitrogens with one attached hydrogen (secondary N) is 1. The zero-order valence-corrected chi connectivity index (χ0v) is 12.3. The van der Waals surface area contributed by atoms with Gasteiger partial charge in [-0.2, -0.15) is 0 Å². The van der Waals surface area contributed by atoms with Crippen molar-refractivity contribution in [3.8, 4) is 0 Å². The van der Waals surface area contributed by atoms with Crippen molar-refractivity contribution in [2.75, 3.05) is 32.7 Å². The Kier molecular flexibility index (Phi) is 4.24. The minimum Gasteiger partial charge on any atom is -0.340 e. The van der Waals surface area contributed by atoms with Gasteiger partial charge in [0.25, 0.3) is 5.91 Å². The van der Waals surface area contributed by atoms with E-state index in [0.717, 1.165) is 51.5 Å². The first-order chi connectivity index (χ1) is 10.1. The highest BCUT2D eigenvalue weighted by molar-refractivity contribution is 6.37. The van der Waals surface area contributed by atoms with Crippen LogP contribution < -0.4 is 5.32 Å². The number of rotatable bonds is 5. The van der Waals surface area contributed by atoms with Crippen LogP contribution in [0.1, 0.15) is 32.1 Å².